The Kier molecular flexibility index (Phi) is 6.14. The molecular weight excluding hydrogens is 424 g/mol. The first-order chi connectivity index (χ1) is 16.2. The molecule has 0 radical (unpaired) electrons. The largest absolute Gasteiger partial charge is 0.463 e. The summed E-state index contributed by atoms with van der Waals surface area (Å²) < 4.78 is 11.7. The summed E-state index contributed by atoms with van der Waals surface area (Å²) in [5, 5.41) is 0. The molecule has 4 saturated carbocycles. The van der Waals surface area contributed by atoms with E-state index in [1.165, 1.54) is 37.3 Å². The van der Waals surface area contributed by atoms with Gasteiger partial charge in [0, 0.05) is 19.3 Å². The SMILES string of the molecule is CC(=O)O[C@H]1CC[C@@]2(C)[C@@H](CC[C@@H]3[C@@H]2CC[C@]2(C)[C@@H](OC(C)=O)/C(=C/c4ccccc4)C[C@@H]32)C1. The van der Waals surface area contributed by atoms with Gasteiger partial charge in [0.15, 0.2) is 0 Å². The molecule has 0 aromatic heterocycles. The number of ether oxygens (including phenoxy) is 2. The molecule has 4 aliphatic carbocycles. The molecule has 184 valence electrons. The maximum atomic E-state index is 12.2. The van der Waals surface area contributed by atoms with Crippen LogP contribution in [0.2, 0.25) is 0 Å². The van der Waals surface area contributed by atoms with Crippen molar-refractivity contribution >= 4 is 18.0 Å². The highest BCUT2D eigenvalue weighted by molar-refractivity contribution is 5.67. The molecule has 0 N–H and O–H groups in total. The summed E-state index contributed by atoms with van der Waals surface area (Å²) in [7, 11) is 0. The Balaban J connectivity index is 1.42. The Labute approximate surface area is 204 Å². The van der Waals surface area contributed by atoms with Gasteiger partial charge in [-0.3, -0.25) is 9.59 Å². The van der Waals surface area contributed by atoms with Crippen LogP contribution < -0.4 is 0 Å². The molecule has 1 aromatic rings. The average Bonchev–Trinajstić information content (AvgIpc) is 3.05. The van der Waals surface area contributed by atoms with Crippen molar-refractivity contribution in [3.05, 3.63) is 41.5 Å². The summed E-state index contributed by atoms with van der Waals surface area (Å²) in [4.78, 5) is 23.7. The number of hydrogen-bond donors (Lipinski definition) is 0. The Morgan fingerprint density at radius 1 is 0.882 bits per heavy atom. The first kappa shape index (κ1) is 23.6. The zero-order valence-electron chi connectivity index (χ0n) is 21.2. The van der Waals surface area contributed by atoms with Gasteiger partial charge in [-0.1, -0.05) is 50.3 Å². The minimum Gasteiger partial charge on any atom is -0.463 e. The van der Waals surface area contributed by atoms with Crippen molar-refractivity contribution in [3.63, 3.8) is 0 Å². The molecule has 4 heteroatoms. The highest BCUT2D eigenvalue weighted by Crippen LogP contribution is 2.67. The number of hydrogen-bond acceptors (Lipinski definition) is 4. The predicted molar refractivity (Wildman–Crippen MR) is 133 cm³/mol. The third kappa shape index (κ3) is 4.01. The van der Waals surface area contributed by atoms with E-state index in [1.807, 2.05) is 6.07 Å². The lowest BCUT2D eigenvalue weighted by atomic mass is 9.45. The summed E-state index contributed by atoms with van der Waals surface area (Å²) >= 11 is 0. The number of fused-ring (bicyclic) bond motifs is 5. The van der Waals surface area contributed by atoms with Crippen LogP contribution >= 0.6 is 0 Å². The fourth-order valence-corrected chi connectivity index (χ4v) is 8.68. The van der Waals surface area contributed by atoms with E-state index >= 15 is 0 Å². The first-order valence-electron chi connectivity index (χ1n) is 13.3. The fourth-order valence-electron chi connectivity index (χ4n) is 8.68. The van der Waals surface area contributed by atoms with E-state index in [2.05, 4.69) is 44.2 Å². The number of carbonyl (C=O) groups excluding carboxylic acids is 2. The van der Waals surface area contributed by atoms with Crippen molar-refractivity contribution in [3.8, 4) is 0 Å². The van der Waals surface area contributed by atoms with Crippen molar-refractivity contribution < 1.29 is 19.1 Å². The fraction of sp³-hybridized carbons (Fsp3) is 0.667. The minimum absolute atomic E-state index is 0.00555. The molecule has 0 bridgehead atoms. The lowest BCUT2D eigenvalue weighted by Crippen LogP contribution is -2.54. The molecule has 34 heavy (non-hydrogen) atoms. The average molecular weight is 465 g/mol. The number of esters is 2. The van der Waals surface area contributed by atoms with E-state index in [1.54, 1.807) is 6.92 Å². The Hall–Kier alpha value is -2.10. The second-order valence-electron chi connectivity index (χ2n) is 12.0. The number of benzene rings is 1. The molecule has 0 heterocycles. The van der Waals surface area contributed by atoms with Gasteiger partial charge in [-0.25, -0.2) is 0 Å². The van der Waals surface area contributed by atoms with Gasteiger partial charge in [0.25, 0.3) is 0 Å². The zero-order valence-corrected chi connectivity index (χ0v) is 21.2. The zero-order chi connectivity index (χ0) is 24.1. The minimum atomic E-state index is -0.174. The second kappa shape index (κ2) is 8.84. The Morgan fingerprint density at radius 2 is 1.59 bits per heavy atom. The molecule has 4 aliphatic rings. The van der Waals surface area contributed by atoms with E-state index in [-0.39, 0.29) is 29.6 Å². The molecule has 8 atom stereocenters. The standard InChI is InChI=1S/C30H40O4/c1-19(31)33-24-12-14-29(3)23(18-24)10-11-25-26(29)13-15-30(4)27(25)17-22(28(30)34-20(2)32)16-21-8-6-5-7-9-21/h5-9,16,23-28H,10-15,17-18H2,1-4H3/b22-16+/t23-,24-,25+,26-,27-,28-,29-,30-/m0/s1. The van der Waals surface area contributed by atoms with Crippen LogP contribution in [-0.2, 0) is 19.1 Å². The van der Waals surface area contributed by atoms with Gasteiger partial charge in [-0.05, 0) is 91.6 Å². The van der Waals surface area contributed by atoms with Crippen LogP contribution in [0.4, 0.5) is 0 Å². The van der Waals surface area contributed by atoms with Crippen molar-refractivity contribution in [1.82, 2.24) is 0 Å². The summed E-state index contributed by atoms with van der Waals surface area (Å²) in [6.07, 6.45) is 11.2. The maximum absolute atomic E-state index is 12.2. The molecular formula is C30H40O4. The van der Waals surface area contributed by atoms with E-state index in [0.29, 0.717) is 29.1 Å². The van der Waals surface area contributed by atoms with E-state index in [0.717, 1.165) is 32.1 Å². The third-order valence-corrected chi connectivity index (χ3v) is 10.2. The first-order valence-corrected chi connectivity index (χ1v) is 13.3. The quantitative estimate of drug-likeness (QED) is 0.474. The van der Waals surface area contributed by atoms with Crippen LogP contribution in [-0.4, -0.2) is 24.1 Å². The van der Waals surface area contributed by atoms with Gasteiger partial charge in [0.2, 0.25) is 0 Å². The van der Waals surface area contributed by atoms with Gasteiger partial charge < -0.3 is 9.47 Å². The smallest absolute Gasteiger partial charge is 0.303 e. The van der Waals surface area contributed by atoms with Gasteiger partial charge in [0.05, 0.1) is 0 Å². The third-order valence-electron chi connectivity index (χ3n) is 10.2. The van der Waals surface area contributed by atoms with Gasteiger partial charge >= 0.3 is 11.9 Å². The topological polar surface area (TPSA) is 52.6 Å². The van der Waals surface area contributed by atoms with Crippen LogP contribution in [0.15, 0.2) is 35.9 Å². The highest BCUT2D eigenvalue weighted by Gasteiger charge is 2.62. The van der Waals surface area contributed by atoms with Crippen LogP contribution in [0.5, 0.6) is 0 Å². The monoisotopic (exact) mass is 464 g/mol. The molecule has 5 rings (SSSR count). The van der Waals surface area contributed by atoms with Crippen LogP contribution in [0.3, 0.4) is 0 Å². The predicted octanol–water partition coefficient (Wildman–Crippen LogP) is 6.59. The Bertz CT molecular complexity index is 967. The van der Waals surface area contributed by atoms with Crippen molar-refractivity contribution in [2.75, 3.05) is 0 Å². The molecule has 0 unspecified atom stereocenters. The van der Waals surface area contributed by atoms with Gasteiger partial charge in [-0.2, -0.15) is 0 Å². The second-order valence-corrected chi connectivity index (χ2v) is 12.0. The molecule has 0 aliphatic heterocycles. The molecule has 1 aromatic carbocycles. The highest BCUT2D eigenvalue weighted by atomic mass is 16.5. The van der Waals surface area contributed by atoms with E-state index in [4.69, 9.17) is 9.47 Å². The summed E-state index contributed by atoms with van der Waals surface area (Å²) in [6.45, 7) is 8.00. The normalized spacial score (nSPS) is 42.3. The van der Waals surface area contributed by atoms with Crippen molar-refractivity contribution in [1.29, 1.82) is 0 Å². The molecule has 4 fully saturated rings. The van der Waals surface area contributed by atoms with E-state index in [9.17, 15) is 9.59 Å². The Morgan fingerprint density at radius 3 is 2.29 bits per heavy atom. The molecule has 0 amide bonds. The summed E-state index contributed by atoms with van der Waals surface area (Å²) in [5.74, 6) is 2.25. The van der Waals surface area contributed by atoms with Crippen LogP contribution in [0, 0.1) is 34.5 Å². The molecule has 0 saturated heterocycles. The number of rotatable bonds is 3. The van der Waals surface area contributed by atoms with Crippen molar-refractivity contribution in [2.45, 2.75) is 91.3 Å². The van der Waals surface area contributed by atoms with Crippen molar-refractivity contribution in [2.24, 2.45) is 34.5 Å². The number of carbonyl (C=O) groups is 2. The lowest BCUT2D eigenvalue weighted by Gasteiger charge is -2.60. The van der Waals surface area contributed by atoms with Crippen LogP contribution in [0.1, 0.15) is 84.6 Å². The van der Waals surface area contributed by atoms with Crippen LogP contribution in [0.25, 0.3) is 6.08 Å². The maximum Gasteiger partial charge on any atom is 0.303 e. The van der Waals surface area contributed by atoms with Gasteiger partial charge in [-0.15, -0.1) is 0 Å². The van der Waals surface area contributed by atoms with E-state index < -0.39 is 0 Å². The summed E-state index contributed by atoms with van der Waals surface area (Å²) in [5.41, 5.74) is 2.81. The molecule has 0 spiro atoms. The molecule has 4 nitrogen and oxygen atoms in total. The summed E-state index contributed by atoms with van der Waals surface area (Å²) in [6, 6.07) is 10.5. The van der Waals surface area contributed by atoms with Gasteiger partial charge in [0.1, 0.15) is 12.2 Å². The lowest BCUT2D eigenvalue weighted by molar-refractivity contribution is -0.166.